The maximum Gasteiger partial charge on any atom is 0.227 e. The minimum atomic E-state index is -0.0361. The summed E-state index contributed by atoms with van der Waals surface area (Å²) in [4.78, 5) is 8.13. The second-order valence-corrected chi connectivity index (χ2v) is 3.06. The molecule has 0 aliphatic carbocycles. The SMILES string of the molecule is C.OCc1cnc(Nc2ccccc2)nc1. The first-order valence-electron chi connectivity index (χ1n) is 4.62. The van der Waals surface area contributed by atoms with Crippen LogP contribution in [0, 0.1) is 0 Å². The molecule has 1 aromatic carbocycles. The quantitative estimate of drug-likeness (QED) is 0.828. The van der Waals surface area contributed by atoms with Gasteiger partial charge < -0.3 is 10.4 Å². The highest BCUT2D eigenvalue weighted by Gasteiger charge is 1.96. The second kappa shape index (κ2) is 5.82. The van der Waals surface area contributed by atoms with Gasteiger partial charge in [-0.2, -0.15) is 0 Å². The van der Waals surface area contributed by atoms with Crippen LogP contribution in [-0.4, -0.2) is 15.1 Å². The Balaban J connectivity index is 0.00000128. The summed E-state index contributed by atoms with van der Waals surface area (Å²) in [6.45, 7) is -0.0361. The van der Waals surface area contributed by atoms with Gasteiger partial charge in [-0.1, -0.05) is 25.6 Å². The van der Waals surface area contributed by atoms with Gasteiger partial charge in [0.15, 0.2) is 0 Å². The Morgan fingerprint density at radius 2 is 1.69 bits per heavy atom. The summed E-state index contributed by atoms with van der Waals surface area (Å²) < 4.78 is 0. The standard InChI is InChI=1S/C11H11N3O.CH4/c15-8-9-6-12-11(13-7-9)14-10-4-2-1-3-5-10;/h1-7,15H,8H2,(H,12,13,14);1H4. The third kappa shape index (κ3) is 3.03. The van der Waals surface area contributed by atoms with E-state index in [1.807, 2.05) is 30.3 Å². The van der Waals surface area contributed by atoms with Gasteiger partial charge in [0.2, 0.25) is 5.95 Å². The maximum atomic E-state index is 8.82. The lowest BCUT2D eigenvalue weighted by atomic mass is 10.3. The van der Waals surface area contributed by atoms with Crippen molar-refractivity contribution in [1.29, 1.82) is 0 Å². The molecule has 0 bridgehead atoms. The fraction of sp³-hybridized carbons (Fsp3) is 0.167. The molecule has 0 saturated heterocycles. The number of hydrogen-bond acceptors (Lipinski definition) is 4. The van der Waals surface area contributed by atoms with E-state index < -0.39 is 0 Å². The minimum absolute atomic E-state index is 0. The molecular weight excluding hydrogens is 202 g/mol. The molecule has 84 valence electrons. The average Bonchev–Trinajstić information content (AvgIpc) is 2.31. The maximum absolute atomic E-state index is 8.82. The molecule has 2 rings (SSSR count). The van der Waals surface area contributed by atoms with Crippen LogP contribution < -0.4 is 5.32 Å². The zero-order valence-electron chi connectivity index (χ0n) is 8.09. The number of para-hydroxylation sites is 1. The predicted octanol–water partition coefficient (Wildman–Crippen LogP) is 2.35. The van der Waals surface area contributed by atoms with Crippen molar-refractivity contribution in [2.75, 3.05) is 5.32 Å². The Morgan fingerprint density at radius 1 is 1.06 bits per heavy atom. The molecule has 1 aromatic heterocycles. The van der Waals surface area contributed by atoms with Crippen molar-refractivity contribution in [2.24, 2.45) is 0 Å². The molecule has 1 heterocycles. The van der Waals surface area contributed by atoms with E-state index in [2.05, 4.69) is 15.3 Å². The number of nitrogens with one attached hydrogen (secondary N) is 1. The summed E-state index contributed by atoms with van der Waals surface area (Å²) >= 11 is 0. The van der Waals surface area contributed by atoms with Crippen molar-refractivity contribution in [3.8, 4) is 0 Å². The number of rotatable bonds is 3. The molecule has 0 amide bonds. The fourth-order valence-corrected chi connectivity index (χ4v) is 1.15. The highest BCUT2D eigenvalue weighted by molar-refractivity contribution is 5.52. The van der Waals surface area contributed by atoms with Crippen molar-refractivity contribution in [3.63, 3.8) is 0 Å². The first kappa shape index (κ1) is 12.1. The van der Waals surface area contributed by atoms with Crippen LogP contribution in [0.25, 0.3) is 0 Å². The molecule has 0 fully saturated rings. The Hall–Kier alpha value is -1.94. The van der Waals surface area contributed by atoms with E-state index in [4.69, 9.17) is 5.11 Å². The molecule has 2 aromatic rings. The Labute approximate surface area is 95.0 Å². The predicted molar refractivity (Wildman–Crippen MR) is 64.4 cm³/mol. The lowest BCUT2D eigenvalue weighted by molar-refractivity contribution is 0.281. The molecule has 0 atom stereocenters. The lowest BCUT2D eigenvalue weighted by Crippen LogP contribution is -1.97. The number of aliphatic hydroxyl groups is 1. The van der Waals surface area contributed by atoms with E-state index in [1.54, 1.807) is 12.4 Å². The molecule has 4 heteroatoms. The van der Waals surface area contributed by atoms with Crippen LogP contribution in [0.3, 0.4) is 0 Å². The van der Waals surface area contributed by atoms with Gasteiger partial charge in [-0.25, -0.2) is 9.97 Å². The summed E-state index contributed by atoms with van der Waals surface area (Å²) in [5.41, 5.74) is 1.64. The van der Waals surface area contributed by atoms with Crippen molar-refractivity contribution in [3.05, 3.63) is 48.3 Å². The van der Waals surface area contributed by atoms with Crippen LogP contribution in [0.5, 0.6) is 0 Å². The van der Waals surface area contributed by atoms with E-state index in [0.29, 0.717) is 11.5 Å². The molecule has 0 aliphatic heterocycles. The summed E-state index contributed by atoms with van der Waals surface area (Å²) in [5, 5.41) is 11.9. The molecule has 0 radical (unpaired) electrons. The number of anilines is 2. The zero-order valence-corrected chi connectivity index (χ0v) is 8.09. The van der Waals surface area contributed by atoms with Gasteiger partial charge in [0.05, 0.1) is 6.61 Å². The number of benzene rings is 1. The molecule has 0 spiro atoms. The molecule has 0 aliphatic rings. The van der Waals surface area contributed by atoms with Gasteiger partial charge in [0.25, 0.3) is 0 Å². The number of nitrogens with zero attached hydrogens (tertiary/aromatic N) is 2. The second-order valence-electron chi connectivity index (χ2n) is 3.06. The topological polar surface area (TPSA) is 58.0 Å². The van der Waals surface area contributed by atoms with Gasteiger partial charge in [-0.05, 0) is 12.1 Å². The first-order chi connectivity index (χ1) is 7.38. The molecule has 0 unspecified atom stereocenters. The highest BCUT2D eigenvalue weighted by Crippen LogP contribution is 2.10. The van der Waals surface area contributed by atoms with E-state index in [-0.39, 0.29) is 14.0 Å². The summed E-state index contributed by atoms with van der Waals surface area (Å²) in [6.07, 6.45) is 3.19. The Bertz CT molecular complexity index is 414. The number of hydrogen-bond donors (Lipinski definition) is 2. The smallest absolute Gasteiger partial charge is 0.227 e. The average molecular weight is 217 g/mol. The van der Waals surface area contributed by atoms with Crippen LogP contribution in [-0.2, 0) is 6.61 Å². The van der Waals surface area contributed by atoms with E-state index >= 15 is 0 Å². The van der Waals surface area contributed by atoms with Crippen molar-refractivity contribution in [2.45, 2.75) is 14.0 Å². The summed E-state index contributed by atoms with van der Waals surface area (Å²) in [6, 6.07) is 9.68. The van der Waals surface area contributed by atoms with Gasteiger partial charge in [-0.3, -0.25) is 0 Å². The van der Waals surface area contributed by atoms with Crippen LogP contribution in [0.2, 0.25) is 0 Å². The van der Waals surface area contributed by atoms with Crippen molar-refractivity contribution in [1.82, 2.24) is 9.97 Å². The van der Waals surface area contributed by atoms with E-state index in [9.17, 15) is 0 Å². The minimum Gasteiger partial charge on any atom is -0.392 e. The number of aromatic nitrogens is 2. The van der Waals surface area contributed by atoms with Crippen molar-refractivity contribution < 1.29 is 5.11 Å². The normalized spacial score (nSPS) is 9.31. The molecule has 16 heavy (non-hydrogen) atoms. The lowest BCUT2D eigenvalue weighted by Gasteiger charge is -2.03. The number of aliphatic hydroxyl groups excluding tert-OH is 1. The largest absolute Gasteiger partial charge is 0.392 e. The van der Waals surface area contributed by atoms with Crippen LogP contribution in [0.1, 0.15) is 13.0 Å². The molecule has 2 N–H and O–H groups in total. The highest BCUT2D eigenvalue weighted by atomic mass is 16.3. The molecule has 0 saturated carbocycles. The van der Waals surface area contributed by atoms with Crippen LogP contribution >= 0.6 is 0 Å². The third-order valence-corrected chi connectivity index (χ3v) is 1.92. The van der Waals surface area contributed by atoms with E-state index in [0.717, 1.165) is 5.69 Å². The fourth-order valence-electron chi connectivity index (χ4n) is 1.15. The summed E-state index contributed by atoms with van der Waals surface area (Å²) in [5.74, 6) is 0.526. The zero-order chi connectivity index (χ0) is 10.5. The third-order valence-electron chi connectivity index (χ3n) is 1.92. The van der Waals surface area contributed by atoms with Gasteiger partial charge in [0, 0.05) is 23.6 Å². The Kier molecular flexibility index (Phi) is 4.42. The van der Waals surface area contributed by atoms with Crippen LogP contribution in [0.4, 0.5) is 11.6 Å². The molecule has 4 nitrogen and oxygen atoms in total. The van der Waals surface area contributed by atoms with E-state index in [1.165, 1.54) is 0 Å². The molecular formula is C12H15N3O. The van der Waals surface area contributed by atoms with Gasteiger partial charge in [0.1, 0.15) is 0 Å². The van der Waals surface area contributed by atoms with Crippen LogP contribution in [0.15, 0.2) is 42.7 Å². The van der Waals surface area contributed by atoms with Crippen molar-refractivity contribution >= 4 is 11.6 Å². The summed E-state index contributed by atoms with van der Waals surface area (Å²) in [7, 11) is 0. The monoisotopic (exact) mass is 217 g/mol. The Morgan fingerprint density at radius 3 is 2.25 bits per heavy atom. The first-order valence-corrected chi connectivity index (χ1v) is 4.62. The van der Waals surface area contributed by atoms with Gasteiger partial charge >= 0.3 is 0 Å². The van der Waals surface area contributed by atoms with Gasteiger partial charge in [-0.15, -0.1) is 0 Å².